The maximum atomic E-state index is 12.2. The lowest BCUT2D eigenvalue weighted by atomic mass is 10.1. The molecule has 0 bridgehead atoms. The Bertz CT molecular complexity index is 797. The van der Waals surface area contributed by atoms with Gasteiger partial charge in [-0.15, -0.1) is 0 Å². The van der Waals surface area contributed by atoms with Crippen LogP contribution >= 0.6 is 0 Å². The van der Waals surface area contributed by atoms with Crippen LogP contribution in [0.15, 0.2) is 66.9 Å². The van der Waals surface area contributed by atoms with E-state index in [0.717, 1.165) is 16.5 Å². The maximum Gasteiger partial charge on any atom is 0.261 e. The Labute approximate surface area is 135 Å². The van der Waals surface area contributed by atoms with Gasteiger partial charge in [-0.3, -0.25) is 9.78 Å². The summed E-state index contributed by atoms with van der Waals surface area (Å²) in [4.78, 5) is 16.4. The van der Waals surface area contributed by atoms with Crippen LogP contribution in [0.4, 0.5) is 0 Å². The number of fused-ring (bicyclic) bond motifs is 1. The molecule has 116 valence electrons. The largest absolute Gasteiger partial charge is 0.480 e. The third kappa shape index (κ3) is 3.66. The van der Waals surface area contributed by atoms with Gasteiger partial charge in [0.15, 0.2) is 6.10 Å². The summed E-state index contributed by atoms with van der Waals surface area (Å²) in [5, 5.41) is 4.93. The number of hydrogen-bond acceptors (Lipinski definition) is 3. The predicted octanol–water partition coefficient (Wildman–Crippen LogP) is 3.32. The minimum Gasteiger partial charge on any atom is -0.480 e. The molecule has 1 atom stereocenters. The number of benzene rings is 2. The number of amides is 1. The molecule has 0 radical (unpaired) electrons. The van der Waals surface area contributed by atoms with E-state index in [1.807, 2.05) is 60.7 Å². The van der Waals surface area contributed by atoms with E-state index in [4.69, 9.17) is 4.74 Å². The molecule has 0 spiro atoms. The highest BCUT2D eigenvalue weighted by molar-refractivity contribution is 5.89. The topological polar surface area (TPSA) is 51.2 Å². The number of aromatic nitrogens is 1. The van der Waals surface area contributed by atoms with Crippen molar-refractivity contribution in [3.05, 3.63) is 72.6 Å². The van der Waals surface area contributed by atoms with Gasteiger partial charge in [0.2, 0.25) is 0 Å². The van der Waals surface area contributed by atoms with Gasteiger partial charge in [-0.25, -0.2) is 0 Å². The Morgan fingerprint density at radius 2 is 1.87 bits per heavy atom. The number of carbonyl (C=O) groups excluding carboxylic acids is 1. The lowest BCUT2D eigenvalue weighted by Crippen LogP contribution is -2.36. The van der Waals surface area contributed by atoms with E-state index in [-0.39, 0.29) is 5.91 Å². The summed E-state index contributed by atoms with van der Waals surface area (Å²) in [6.45, 7) is 2.14. The quantitative estimate of drug-likeness (QED) is 0.786. The summed E-state index contributed by atoms with van der Waals surface area (Å²) in [6, 6.07) is 19.4. The molecule has 4 heteroatoms. The summed E-state index contributed by atoms with van der Waals surface area (Å²) in [7, 11) is 0. The number of pyridine rings is 1. The Kier molecular flexibility index (Phi) is 4.52. The normalized spacial score (nSPS) is 11.9. The Balaban J connectivity index is 1.66. The molecule has 0 aliphatic carbocycles. The first-order valence-electron chi connectivity index (χ1n) is 7.56. The number of nitrogens with one attached hydrogen (secondary N) is 1. The fourth-order valence-electron chi connectivity index (χ4n) is 2.37. The second-order valence-corrected chi connectivity index (χ2v) is 5.28. The minimum atomic E-state index is -0.579. The fourth-order valence-corrected chi connectivity index (χ4v) is 2.37. The van der Waals surface area contributed by atoms with E-state index in [1.165, 1.54) is 0 Å². The number of hydrogen-bond donors (Lipinski definition) is 1. The molecule has 1 aromatic heterocycles. The molecule has 0 fully saturated rings. The first-order valence-corrected chi connectivity index (χ1v) is 7.56. The first-order chi connectivity index (χ1) is 11.2. The molecule has 3 rings (SSSR count). The molecule has 0 aliphatic rings. The lowest BCUT2D eigenvalue weighted by molar-refractivity contribution is -0.127. The van der Waals surface area contributed by atoms with Gasteiger partial charge in [0.05, 0.1) is 12.2 Å². The number of nitrogens with zero attached hydrogens (tertiary/aromatic N) is 1. The van der Waals surface area contributed by atoms with Crippen molar-refractivity contribution in [2.24, 2.45) is 0 Å². The van der Waals surface area contributed by atoms with Crippen LogP contribution in [0, 0.1) is 0 Å². The van der Waals surface area contributed by atoms with Crippen LogP contribution in [0.25, 0.3) is 10.8 Å². The van der Waals surface area contributed by atoms with Crippen molar-refractivity contribution in [3.63, 3.8) is 0 Å². The Hall–Kier alpha value is -2.88. The van der Waals surface area contributed by atoms with Gasteiger partial charge in [-0.05, 0) is 30.5 Å². The monoisotopic (exact) mass is 306 g/mol. The van der Waals surface area contributed by atoms with Crippen molar-refractivity contribution in [1.29, 1.82) is 0 Å². The van der Waals surface area contributed by atoms with Gasteiger partial charge >= 0.3 is 0 Å². The van der Waals surface area contributed by atoms with E-state index >= 15 is 0 Å². The molecule has 0 unspecified atom stereocenters. The molecule has 4 nitrogen and oxygen atoms in total. The highest BCUT2D eigenvalue weighted by Crippen LogP contribution is 2.25. The highest BCUT2D eigenvalue weighted by atomic mass is 16.5. The molecule has 0 saturated carbocycles. The number of ether oxygens (including phenoxy) is 1. The predicted molar refractivity (Wildman–Crippen MR) is 90.1 cm³/mol. The smallest absolute Gasteiger partial charge is 0.261 e. The fraction of sp³-hybridized carbons (Fsp3) is 0.158. The molecule has 23 heavy (non-hydrogen) atoms. The van der Waals surface area contributed by atoms with Gasteiger partial charge in [0.1, 0.15) is 5.75 Å². The van der Waals surface area contributed by atoms with Crippen LogP contribution in [0.3, 0.4) is 0 Å². The molecule has 0 saturated heterocycles. The van der Waals surface area contributed by atoms with Crippen molar-refractivity contribution >= 4 is 16.7 Å². The van der Waals surface area contributed by atoms with E-state index in [9.17, 15) is 4.79 Å². The second-order valence-electron chi connectivity index (χ2n) is 5.28. The highest BCUT2D eigenvalue weighted by Gasteiger charge is 2.15. The summed E-state index contributed by atoms with van der Waals surface area (Å²) < 4.78 is 5.85. The molecule has 1 heterocycles. The standard InChI is InChI=1S/C19H18N2O2/c1-14(19(22)21-13-16-9-4-5-12-20-16)23-18-11-6-8-15-7-2-3-10-17(15)18/h2-12,14H,13H2,1H3,(H,21,22)/t14-/m1/s1. The van der Waals surface area contributed by atoms with Crippen LogP contribution in [0.5, 0.6) is 5.75 Å². The SMILES string of the molecule is C[C@@H](Oc1cccc2ccccc12)C(=O)NCc1ccccn1. The van der Waals surface area contributed by atoms with Crippen molar-refractivity contribution in [2.75, 3.05) is 0 Å². The minimum absolute atomic E-state index is 0.163. The number of carbonyl (C=O) groups is 1. The molecular formula is C19H18N2O2. The molecule has 0 aliphatic heterocycles. The summed E-state index contributed by atoms with van der Waals surface area (Å²) in [5.74, 6) is 0.548. The van der Waals surface area contributed by atoms with Crippen LogP contribution in [-0.2, 0) is 11.3 Å². The van der Waals surface area contributed by atoms with E-state index in [1.54, 1.807) is 13.1 Å². The molecule has 1 N–H and O–H groups in total. The summed E-state index contributed by atoms with van der Waals surface area (Å²) in [5.41, 5.74) is 0.818. The summed E-state index contributed by atoms with van der Waals surface area (Å²) >= 11 is 0. The van der Waals surface area contributed by atoms with Crippen LogP contribution < -0.4 is 10.1 Å². The van der Waals surface area contributed by atoms with Gasteiger partial charge < -0.3 is 10.1 Å². The van der Waals surface area contributed by atoms with Crippen molar-refractivity contribution in [3.8, 4) is 5.75 Å². The zero-order chi connectivity index (χ0) is 16.1. The number of rotatable bonds is 5. The lowest BCUT2D eigenvalue weighted by Gasteiger charge is -2.16. The van der Waals surface area contributed by atoms with Gasteiger partial charge in [-0.2, -0.15) is 0 Å². The molecular weight excluding hydrogens is 288 g/mol. The average Bonchev–Trinajstić information content (AvgIpc) is 2.61. The molecule has 1 amide bonds. The van der Waals surface area contributed by atoms with Crippen LogP contribution in [0.1, 0.15) is 12.6 Å². The molecule has 2 aromatic carbocycles. The van der Waals surface area contributed by atoms with Gasteiger partial charge in [0, 0.05) is 11.6 Å². The van der Waals surface area contributed by atoms with Gasteiger partial charge in [0.25, 0.3) is 5.91 Å². The van der Waals surface area contributed by atoms with E-state index in [0.29, 0.717) is 12.3 Å². The van der Waals surface area contributed by atoms with E-state index in [2.05, 4.69) is 10.3 Å². The van der Waals surface area contributed by atoms with Crippen molar-refractivity contribution in [2.45, 2.75) is 19.6 Å². The Morgan fingerprint density at radius 3 is 2.70 bits per heavy atom. The maximum absolute atomic E-state index is 12.2. The van der Waals surface area contributed by atoms with Crippen LogP contribution in [-0.4, -0.2) is 17.0 Å². The van der Waals surface area contributed by atoms with Gasteiger partial charge in [-0.1, -0.05) is 42.5 Å². The van der Waals surface area contributed by atoms with Crippen molar-refractivity contribution < 1.29 is 9.53 Å². The zero-order valence-electron chi connectivity index (χ0n) is 12.9. The van der Waals surface area contributed by atoms with E-state index < -0.39 is 6.10 Å². The third-order valence-corrected chi connectivity index (χ3v) is 3.59. The molecule has 3 aromatic rings. The third-order valence-electron chi connectivity index (χ3n) is 3.59. The summed E-state index contributed by atoms with van der Waals surface area (Å²) in [6.07, 6.45) is 1.13. The first kappa shape index (κ1) is 15.0. The second kappa shape index (κ2) is 6.92. The Morgan fingerprint density at radius 1 is 1.09 bits per heavy atom. The van der Waals surface area contributed by atoms with Crippen LogP contribution in [0.2, 0.25) is 0 Å². The van der Waals surface area contributed by atoms with Crippen molar-refractivity contribution in [1.82, 2.24) is 10.3 Å². The zero-order valence-corrected chi connectivity index (χ0v) is 12.9. The average molecular weight is 306 g/mol.